The zero-order chi connectivity index (χ0) is 15.9. The van der Waals surface area contributed by atoms with Crippen LogP contribution in [0.1, 0.15) is 48.0 Å². The van der Waals surface area contributed by atoms with Gasteiger partial charge in [0.2, 0.25) is 5.91 Å². The zero-order valence-corrected chi connectivity index (χ0v) is 13.8. The highest BCUT2D eigenvalue weighted by Crippen LogP contribution is 2.28. The number of likely N-dealkylation sites (tertiary alicyclic amines) is 1. The number of thioether (sulfide) groups is 1. The number of piperidine rings is 1. The van der Waals surface area contributed by atoms with Gasteiger partial charge in [-0.3, -0.25) is 4.79 Å². The third-order valence-electron chi connectivity index (χ3n) is 3.95. The molecule has 5 heteroatoms. The predicted octanol–water partition coefficient (Wildman–Crippen LogP) is 3.23. The minimum absolute atomic E-state index is 0.206. The monoisotopic (exact) mass is 321 g/mol. The molecule has 1 aliphatic rings. The molecule has 1 aromatic carbocycles. The summed E-state index contributed by atoms with van der Waals surface area (Å²) < 4.78 is 0. The number of carboxylic acids is 1. The number of hydrogen-bond acceptors (Lipinski definition) is 3. The smallest absolute Gasteiger partial charge is 0.335 e. The minimum atomic E-state index is -0.901. The fourth-order valence-electron chi connectivity index (χ4n) is 2.80. The van der Waals surface area contributed by atoms with Crippen molar-refractivity contribution in [2.75, 3.05) is 24.6 Å². The topological polar surface area (TPSA) is 57.6 Å². The zero-order valence-electron chi connectivity index (χ0n) is 13.0. The van der Waals surface area contributed by atoms with Crippen LogP contribution >= 0.6 is 11.8 Å². The van der Waals surface area contributed by atoms with Crippen molar-refractivity contribution in [3.05, 3.63) is 35.4 Å². The standard InChI is InChI=1S/C17H23NO3S/c1-2-9-22-12-16(19)18-8-4-7-15(11-18)13-5-3-6-14(10-13)17(20)21/h3,5-6,10,15H,2,4,7-9,11-12H2,1H3,(H,20,21). The average Bonchev–Trinajstić information content (AvgIpc) is 2.55. The summed E-state index contributed by atoms with van der Waals surface area (Å²) in [5.74, 6) is 1.12. The van der Waals surface area contributed by atoms with Crippen molar-refractivity contribution < 1.29 is 14.7 Å². The molecule has 120 valence electrons. The van der Waals surface area contributed by atoms with Crippen LogP contribution in [0.2, 0.25) is 0 Å². The number of amides is 1. The lowest BCUT2D eigenvalue weighted by molar-refractivity contribution is -0.129. The highest BCUT2D eigenvalue weighted by molar-refractivity contribution is 7.99. The Labute approximate surface area is 135 Å². The second-order valence-electron chi connectivity index (χ2n) is 5.66. The predicted molar refractivity (Wildman–Crippen MR) is 89.6 cm³/mol. The molecule has 0 spiro atoms. The van der Waals surface area contributed by atoms with Crippen LogP contribution in [0.25, 0.3) is 0 Å². The molecule has 0 radical (unpaired) electrons. The largest absolute Gasteiger partial charge is 0.478 e. The molecular weight excluding hydrogens is 298 g/mol. The van der Waals surface area contributed by atoms with Gasteiger partial charge in [0, 0.05) is 19.0 Å². The van der Waals surface area contributed by atoms with E-state index in [9.17, 15) is 9.59 Å². The number of carboxylic acid groups (broad SMARTS) is 1. The first kappa shape index (κ1) is 16.9. The summed E-state index contributed by atoms with van der Waals surface area (Å²) >= 11 is 1.69. The second kappa shape index (κ2) is 8.22. The third-order valence-corrected chi connectivity index (χ3v) is 5.10. The summed E-state index contributed by atoms with van der Waals surface area (Å²) in [5.41, 5.74) is 1.35. The van der Waals surface area contributed by atoms with Crippen molar-refractivity contribution in [3.8, 4) is 0 Å². The maximum Gasteiger partial charge on any atom is 0.335 e. The van der Waals surface area contributed by atoms with Gasteiger partial charge in [-0.1, -0.05) is 19.1 Å². The summed E-state index contributed by atoms with van der Waals surface area (Å²) in [5, 5.41) is 9.10. The number of aromatic carboxylic acids is 1. The van der Waals surface area contributed by atoms with E-state index in [4.69, 9.17) is 5.11 Å². The van der Waals surface area contributed by atoms with E-state index in [-0.39, 0.29) is 11.8 Å². The maximum atomic E-state index is 12.2. The van der Waals surface area contributed by atoms with Gasteiger partial charge in [0.1, 0.15) is 0 Å². The molecule has 22 heavy (non-hydrogen) atoms. The summed E-state index contributed by atoms with van der Waals surface area (Å²) in [6.07, 6.45) is 3.07. The summed E-state index contributed by atoms with van der Waals surface area (Å²) in [4.78, 5) is 25.3. The Balaban J connectivity index is 1.99. The Kier molecular flexibility index (Phi) is 6.31. The van der Waals surface area contributed by atoms with Crippen LogP contribution in [0.3, 0.4) is 0 Å². The normalized spacial score (nSPS) is 18.2. The highest BCUT2D eigenvalue weighted by Gasteiger charge is 2.24. The molecule has 0 aliphatic carbocycles. The van der Waals surface area contributed by atoms with E-state index >= 15 is 0 Å². The Morgan fingerprint density at radius 2 is 2.23 bits per heavy atom. The molecule has 1 N–H and O–H groups in total. The first-order valence-corrected chi connectivity index (χ1v) is 8.96. The molecule has 0 saturated carbocycles. The van der Waals surface area contributed by atoms with Crippen LogP contribution in [-0.4, -0.2) is 46.5 Å². The number of benzene rings is 1. The molecule has 0 bridgehead atoms. The Morgan fingerprint density at radius 1 is 1.41 bits per heavy atom. The molecule has 0 aromatic heterocycles. The molecule has 1 heterocycles. The molecule has 1 fully saturated rings. The van der Waals surface area contributed by atoms with Crippen LogP contribution in [0.15, 0.2) is 24.3 Å². The van der Waals surface area contributed by atoms with Crippen molar-refractivity contribution >= 4 is 23.6 Å². The Bertz CT molecular complexity index is 532. The number of carbonyl (C=O) groups is 2. The molecule has 2 rings (SSSR count). The van der Waals surface area contributed by atoms with E-state index in [1.54, 1.807) is 30.0 Å². The second-order valence-corrected chi connectivity index (χ2v) is 6.77. The van der Waals surface area contributed by atoms with Gasteiger partial charge in [0.05, 0.1) is 11.3 Å². The molecule has 1 aliphatic heterocycles. The lowest BCUT2D eigenvalue weighted by Gasteiger charge is -2.33. The summed E-state index contributed by atoms with van der Waals surface area (Å²) in [6.45, 7) is 3.64. The molecule has 1 amide bonds. The van der Waals surface area contributed by atoms with Crippen LogP contribution < -0.4 is 0 Å². The van der Waals surface area contributed by atoms with E-state index in [2.05, 4.69) is 6.92 Å². The lowest BCUT2D eigenvalue weighted by atomic mass is 9.89. The first-order valence-electron chi connectivity index (χ1n) is 7.80. The summed E-state index contributed by atoms with van der Waals surface area (Å²) in [6, 6.07) is 7.11. The molecule has 4 nitrogen and oxygen atoms in total. The van der Waals surface area contributed by atoms with E-state index in [1.807, 2.05) is 11.0 Å². The Morgan fingerprint density at radius 3 is 2.95 bits per heavy atom. The van der Waals surface area contributed by atoms with Gasteiger partial charge in [-0.2, -0.15) is 11.8 Å². The minimum Gasteiger partial charge on any atom is -0.478 e. The number of carbonyl (C=O) groups excluding carboxylic acids is 1. The fourth-order valence-corrected chi connectivity index (χ4v) is 3.59. The van der Waals surface area contributed by atoms with Gasteiger partial charge in [0.25, 0.3) is 0 Å². The molecule has 1 saturated heterocycles. The fraction of sp³-hybridized carbons (Fsp3) is 0.529. The highest BCUT2D eigenvalue weighted by atomic mass is 32.2. The van der Waals surface area contributed by atoms with Crippen LogP contribution in [0.5, 0.6) is 0 Å². The van der Waals surface area contributed by atoms with Gasteiger partial charge in [-0.25, -0.2) is 4.79 Å². The SMILES string of the molecule is CCCSCC(=O)N1CCCC(c2cccc(C(=O)O)c2)C1. The van der Waals surface area contributed by atoms with Gasteiger partial charge in [-0.15, -0.1) is 0 Å². The number of rotatable bonds is 6. The van der Waals surface area contributed by atoms with Crippen molar-refractivity contribution in [2.24, 2.45) is 0 Å². The van der Waals surface area contributed by atoms with Crippen LogP contribution in [0, 0.1) is 0 Å². The van der Waals surface area contributed by atoms with Crippen molar-refractivity contribution in [3.63, 3.8) is 0 Å². The molecule has 1 atom stereocenters. The average molecular weight is 321 g/mol. The van der Waals surface area contributed by atoms with E-state index in [0.29, 0.717) is 17.9 Å². The van der Waals surface area contributed by atoms with Crippen LogP contribution in [-0.2, 0) is 4.79 Å². The summed E-state index contributed by atoms with van der Waals surface area (Å²) in [7, 11) is 0. The number of hydrogen-bond donors (Lipinski definition) is 1. The first-order chi connectivity index (χ1) is 10.6. The van der Waals surface area contributed by atoms with E-state index in [1.165, 1.54) is 0 Å². The molecule has 1 aromatic rings. The van der Waals surface area contributed by atoms with E-state index < -0.39 is 5.97 Å². The lowest BCUT2D eigenvalue weighted by Crippen LogP contribution is -2.40. The van der Waals surface area contributed by atoms with Crippen molar-refractivity contribution in [2.45, 2.75) is 32.1 Å². The van der Waals surface area contributed by atoms with Gasteiger partial charge >= 0.3 is 5.97 Å². The van der Waals surface area contributed by atoms with Gasteiger partial charge in [-0.05, 0) is 42.7 Å². The van der Waals surface area contributed by atoms with Crippen molar-refractivity contribution in [1.82, 2.24) is 4.90 Å². The molecule has 1 unspecified atom stereocenters. The number of nitrogens with zero attached hydrogens (tertiary/aromatic N) is 1. The van der Waals surface area contributed by atoms with Crippen LogP contribution in [0.4, 0.5) is 0 Å². The maximum absolute atomic E-state index is 12.2. The third kappa shape index (κ3) is 4.50. The van der Waals surface area contributed by atoms with Gasteiger partial charge < -0.3 is 10.0 Å². The van der Waals surface area contributed by atoms with Gasteiger partial charge in [0.15, 0.2) is 0 Å². The Hall–Kier alpha value is -1.49. The van der Waals surface area contributed by atoms with Crippen molar-refractivity contribution in [1.29, 1.82) is 0 Å². The van der Waals surface area contributed by atoms with E-state index in [0.717, 1.165) is 37.1 Å². The molecular formula is C17H23NO3S. The quantitative estimate of drug-likeness (QED) is 0.817.